The summed E-state index contributed by atoms with van der Waals surface area (Å²) < 4.78 is 10.8. The van der Waals surface area contributed by atoms with Crippen LogP contribution in [0.5, 0.6) is 0 Å². The van der Waals surface area contributed by atoms with E-state index in [2.05, 4.69) is 6.07 Å². The number of ether oxygens (including phenoxy) is 2. The van der Waals surface area contributed by atoms with Gasteiger partial charge in [0.1, 0.15) is 0 Å². The molecule has 0 bridgehead atoms. The average Bonchev–Trinajstić information content (AvgIpc) is 2.65. The Morgan fingerprint density at radius 3 is 2.60 bits per heavy atom. The molecule has 0 aliphatic rings. The van der Waals surface area contributed by atoms with Crippen LogP contribution in [0.15, 0.2) is 12.1 Å². The normalized spacial score (nSPS) is 11.2. The highest BCUT2D eigenvalue weighted by Gasteiger charge is 1.99. The first-order valence-corrected chi connectivity index (χ1v) is 6.01. The third kappa shape index (κ3) is 5.28. The smallest absolute Gasteiger partial charge is 0.0810 e. The summed E-state index contributed by atoms with van der Waals surface area (Å²) in [5.74, 6) is 0. The Kier molecular flexibility index (Phi) is 5.86. The van der Waals surface area contributed by atoms with Gasteiger partial charge < -0.3 is 15.2 Å². The molecule has 0 aliphatic heterocycles. The second kappa shape index (κ2) is 6.95. The van der Waals surface area contributed by atoms with E-state index in [9.17, 15) is 0 Å². The van der Waals surface area contributed by atoms with Crippen molar-refractivity contribution >= 4 is 11.3 Å². The molecule has 86 valence electrons. The van der Waals surface area contributed by atoms with Gasteiger partial charge >= 0.3 is 0 Å². The summed E-state index contributed by atoms with van der Waals surface area (Å²) in [5.41, 5.74) is 5.52. The van der Waals surface area contributed by atoms with Crippen LogP contribution in [0.4, 0.5) is 0 Å². The Hall–Kier alpha value is -0.420. The Labute approximate surface area is 95.2 Å². The molecule has 3 nitrogen and oxygen atoms in total. The van der Waals surface area contributed by atoms with E-state index < -0.39 is 0 Å². The van der Waals surface area contributed by atoms with E-state index in [-0.39, 0.29) is 6.10 Å². The van der Waals surface area contributed by atoms with Gasteiger partial charge in [0, 0.05) is 16.3 Å². The summed E-state index contributed by atoms with van der Waals surface area (Å²) in [6.45, 7) is 6.62. The summed E-state index contributed by atoms with van der Waals surface area (Å²) >= 11 is 1.71. The molecule has 0 amide bonds. The van der Waals surface area contributed by atoms with Gasteiger partial charge in [-0.25, -0.2) is 0 Å². The fourth-order valence-corrected chi connectivity index (χ4v) is 1.96. The molecule has 0 saturated heterocycles. The largest absolute Gasteiger partial charge is 0.376 e. The van der Waals surface area contributed by atoms with Crippen LogP contribution in [0.25, 0.3) is 0 Å². The third-order valence-corrected chi connectivity index (χ3v) is 2.92. The Balaban J connectivity index is 2.09. The standard InChI is InChI=1S/C11H19NO2S/c1-9(2)14-6-5-13-8-11-4-3-10(7-12)15-11/h3-4,9H,5-8,12H2,1-2H3. The molecule has 0 aliphatic carbocycles. The van der Waals surface area contributed by atoms with Crippen LogP contribution in [0.2, 0.25) is 0 Å². The Morgan fingerprint density at radius 2 is 2.00 bits per heavy atom. The molecular formula is C11H19NO2S. The number of rotatable bonds is 7. The molecule has 15 heavy (non-hydrogen) atoms. The topological polar surface area (TPSA) is 44.5 Å². The molecule has 0 unspecified atom stereocenters. The van der Waals surface area contributed by atoms with Gasteiger partial charge in [0.15, 0.2) is 0 Å². The first-order valence-electron chi connectivity index (χ1n) is 5.19. The second-order valence-corrected chi connectivity index (χ2v) is 4.80. The predicted molar refractivity (Wildman–Crippen MR) is 63.0 cm³/mol. The van der Waals surface area contributed by atoms with Gasteiger partial charge in [0.25, 0.3) is 0 Å². The Bertz CT molecular complexity index is 273. The number of hydrogen-bond donors (Lipinski definition) is 1. The van der Waals surface area contributed by atoms with Gasteiger partial charge in [-0.05, 0) is 26.0 Å². The molecule has 0 radical (unpaired) electrons. The van der Waals surface area contributed by atoms with E-state index in [0.717, 1.165) is 0 Å². The quantitative estimate of drug-likeness (QED) is 0.729. The van der Waals surface area contributed by atoms with E-state index >= 15 is 0 Å². The van der Waals surface area contributed by atoms with Crippen LogP contribution < -0.4 is 5.73 Å². The molecule has 0 aromatic carbocycles. The molecule has 1 aromatic rings. The van der Waals surface area contributed by atoms with Gasteiger partial charge in [-0.3, -0.25) is 0 Å². The summed E-state index contributed by atoms with van der Waals surface area (Å²) in [6, 6.07) is 4.12. The van der Waals surface area contributed by atoms with E-state index in [1.54, 1.807) is 11.3 Å². The van der Waals surface area contributed by atoms with Crippen LogP contribution in [0, 0.1) is 0 Å². The molecule has 4 heteroatoms. The molecule has 2 N–H and O–H groups in total. The summed E-state index contributed by atoms with van der Waals surface area (Å²) in [7, 11) is 0. The van der Waals surface area contributed by atoms with Crippen LogP contribution in [0.1, 0.15) is 23.6 Å². The summed E-state index contributed by atoms with van der Waals surface area (Å²) in [4.78, 5) is 2.42. The van der Waals surface area contributed by atoms with Crippen molar-refractivity contribution in [2.75, 3.05) is 13.2 Å². The fourth-order valence-electron chi connectivity index (χ4n) is 1.13. The van der Waals surface area contributed by atoms with Gasteiger partial charge in [0.05, 0.1) is 25.9 Å². The maximum absolute atomic E-state index is 5.52. The minimum atomic E-state index is 0.277. The third-order valence-electron chi connectivity index (χ3n) is 1.84. The molecule has 1 rings (SSSR count). The van der Waals surface area contributed by atoms with Crippen molar-refractivity contribution in [3.05, 3.63) is 21.9 Å². The van der Waals surface area contributed by atoms with Crippen molar-refractivity contribution in [3.63, 3.8) is 0 Å². The Morgan fingerprint density at radius 1 is 1.27 bits per heavy atom. The minimum Gasteiger partial charge on any atom is -0.376 e. The van der Waals surface area contributed by atoms with Gasteiger partial charge in [-0.2, -0.15) is 0 Å². The predicted octanol–water partition coefficient (Wildman–Crippen LogP) is 2.15. The lowest BCUT2D eigenvalue weighted by atomic mass is 10.4. The molecule has 0 fully saturated rings. The minimum absolute atomic E-state index is 0.277. The van der Waals surface area contributed by atoms with Crippen molar-refractivity contribution in [3.8, 4) is 0 Å². The molecule has 0 saturated carbocycles. The maximum atomic E-state index is 5.52. The van der Waals surface area contributed by atoms with E-state index in [4.69, 9.17) is 15.2 Å². The van der Waals surface area contributed by atoms with E-state index in [1.165, 1.54) is 9.75 Å². The SMILES string of the molecule is CC(C)OCCOCc1ccc(CN)s1. The van der Waals surface area contributed by atoms with Crippen LogP contribution in [-0.4, -0.2) is 19.3 Å². The monoisotopic (exact) mass is 229 g/mol. The lowest BCUT2D eigenvalue weighted by Crippen LogP contribution is -2.09. The molecule has 0 atom stereocenters. The zero-order valence-electron chi connectivity index (χ0n) is 9.36. The average molecular weight is 229 g/mol. The van der Waals surface area contributed by atoms with E-state index in [1.807, 2.05) is 19.9 Å². The summed E-state index contributed by atoms with van der Waals surface area (Å²) in [5, 5.41) is 0. The van der Waals surface area contributed by atoms with Crippen LogP contribution in [-0.2, 0) is 22.6 Å². The fraction of sp³-hybridized carbons (Fsp3) is 0.636. The molecule has 1 aromatic heterocycles. The number of thiophene rings is 1. The van der Waals surface area contributed by atoms with Crippen molar-refractivity contribution in [1.29, 1.82) is 0 Å². The van der Waals surface area contributed by atoms with Crippen LogP contribution in [0.3, 0.4) is 0 Å². The second-order valence-electron chi connectivity index (χ2n) is 3.54. The van der Waals surface area contributed by atoms with E-state index in [0.29, 0.717) is 26.4 Å². The lowest BCUT2D eigenvalue weighted by Gasteiger charge is -2.07. The van der Waals surface area contributed by atoms with Crippen molar-refractivity contribution in [1.82, 2.24) is 0 Å². The molecule has 0 spiro atoms. The number of hydrogen-bond acceptors (Lipinski definition) is 4. The van der Waals surface area contributed by atoms with Crippen molar-refractivity contribution in [2.45, 2.75) is 33.1 Å². The zero-order valence-corrected chi connectivity index (χ0v) is 10.2. The summed E-state index contributed by atoms with van der Waals surface area (Å²) in [6.07, 6.45) is 0.277. The van der Waals surface area contributed by atoms with Gasteiger partial charge in [0.2, 0.25) is 0 Å². The number of nitrogens with two attached hydrogens (primary N) is 1. The maximum Gasteiger partial charge on any atom is 0.0810 e. The molecular weight excluding hydrogens is 210 g/mol. The zero-order chi connectivity index (χ0) is 11.1. The van der Waals surface area contributed by atoms with Crippen molar-refractivity contribution < 1.29 is 9.47 Å². The first-order chi connectivity index (χ1) is 7.22. The lowest BCUT2D eigenvalue weighted by molar-refractivity contribution is 0.0149. The van der Waals surface area contributed by atoms with Gasteiger partial charge in [-0.1, -0.05) is 0 Å². The first kappa shape index (κ1) is 12.6. The van der Waals surface area contributed by atoms with Gasteiger partial charge in [-0.15, -0.1) is 11.3 Å². The highest BCUT2D eigenvalue weighted by atomic mass is 32.1. The highest BCUT2D eigenvalue weighted by Crippen LogP contribution is 2.16. The van der Waals surface area contributed by atoms with Crippen molar-refractivity contribution in [2.24, 2.45) is 5.73 Å². The molecule has 1 heterocycles. The van der Waals surface area contributed by atoms with Crippen LogP contribution >= 0.6 is 11.3 Å². The highest BCUT2D eigenvalue weighted by molar-refractivity contribution is 7.11.